The molecule has 0 amide bonds. The van der Waals surface area contributed by atoms with Gasteiger partial charge in [0.05, 0.1) is 0 Å². The van der Waals surface area contributed by atoms with E-state index in [1.807, 2.05) is 0 Å². The first-order chi connectivity index (χ1) is 7.07. The van der Waals surface area contributed by atoms with E-state index in [0.29, 0.717) is 0 Å². The van der Waals surface area contributed by atoms with E-state index in [2.05, 4.69) is 0 Å². The Morgan fingerprint density at radius 1 is 0.438 bits per heavy atom. The fourth-order valence-corrected chi connectivity index (χ4v) is 0. The van der Waals surface area contributed by atoms with Crippen LogP contribution in [-0.4, -0.2) is 58.6 Å². The molecule has 6 heteroatoms. The van der Waals surface area contributed by atoms with Crippen molar-refractivity contribution in [2.75, 3.05) is 33.0 Å². The summed E-state index contributed by atoms with van der Waals surface area (Å²) in [4.78, 5) is 0. The standard InChI is InChI=1S/5C2H6O.Nb/c5*1-2-3;/h5*3H,2H2,1H3;. The van der Waals surface area contributed by atoms with Crippen LogP contribution < -0.4 is 0 Å². The summed E-state index contributed by atoms with van der Waals surface area (Å²) in [6.07, 6.45) is 0. The number of aliphatic hydroxyl groups excluding tert-OH is 5. The van der Waals surface area contributed by atoms with E-state index in [1.54, 1.807) is 34.6 Å². The van der Waals surface area contributed by atoms with Crippen molar-refractivity contribution in [1.82, 2.24) is 0 Å². The second-order valence-corrected chi connectivity index (χ2v) is 1.58. The van der Waals surface area contributed by atoms with Crippen molar-refractivity contribution < 1.29 is 47.9 Å². The molecule has 0 spiro atoms. The van der Waals surface area contributed by atoms with Crippen LogP contribution in [0.2, 0.25) is 0 Å². The maximum absolute atomic E-state index is 7.57. The predicted octanol–water partition coefficient (Wildman–Crippen LogP) is -0.00950. The van der Waals surface area contributed by atoms with Gasteiger partial charge in [-0.3, -0.25) is 0 Å². The van der Waals surface area contributed by atoms with Gasteiger partial charge in [-0.05, 0) is 34.6 Å². The van der Waals surface area contributed by atoms with Gasteiger partial charge in [0.25, 0.3) is 0 Å². The fraction of sp³-hybridized carbons (Fsp3) is 1.00. The molecule has 5 N–H and O–H groups in total. The monoisotopic (exact) mass is 323 g/mol. The number of rotatable bonds is 0. The summed E-state index contributed by atoms with van der Waals surface area (Å²) in [5.41, 5.74) is 0. The van der Waals surface area contributed by atoms with Gasteiger partial charge in [0.1, 0.15) is 0 Å². The first kappa shape index (κ1) is 36.0. The maximum atomic E-state index is 7.57. The van der Waals surface area contributed by atoms with Crippen molar-refractivity contribution in [2.45, 2.75) is 34.6 Å². The molecule has 0 aliphatic carbocycles. The molecule has 0 fully saturated rings. The van der Waals surface area contributed by atoms with Gasteiger partial charge in [0.2, 0.25) is 0 Å². The number of aliphatic hydroxyl groups is 5. The van der Waals surface area contributed by atoms with Crippen molar-refractivity contribution in [1.29, 1.82) is 0 Å². The molecule has 0 aromatic heterocycles. The van der Waals surface area contributed by atoms with Gasteiger partial charge >= 0.3 is 0 Å². The van der Waals surface area contributed by atoms with E-state index in [0.717, 1.165) is 0 Å². The summed E-state index contributed by atoms with van der Waals surface area (Å²) >= 11 is 0. The third kappa shape index (κ3) is 9130. The summed E-state index contributed by atoms with van der Waals surface area (Å²) in [6.45, 7) is 9.65. The molecule has 1 radical (unpaired) electrons. The fourth-order valence-electron chi connectivity index (χ4n) is 0. The molecule has 0 aromatic rings. The van der Waals surface area contributed by atoms with Crippen LogP contribution in [-0.2, 0) is 22.4 Å². The molecule has 0 aromatic carbocycles. The van der Waals surface area contributed by atoms with Crippen molar-refractivity contribution in [2.24, 2.45) is 0 Å². The van der Waals surface area contributed by atoms with Gasteiger partial charge < -0.3 is 25.5 Å². The Morgan fingerprint density at radius 2 is 0.438 bits per heavy atom. The molecule has 0 aliphatic heterocycles. The van der Waals surface area contributed by atoms with Gasteiger partial charge in [0, 0.05) is 55.4 Å². The molecule has 5 nitrogen and oxygen atoms in total. The van der Waals surface area contributed by atoms with Crippen molar-refractivity contribution in [3.8, 4) is 0 Å². The van der Waals surface area contributed by atoms with Crippen molar-refractivity contribution in [3.05, 3.63) is 0 Å². The quantitative estimate of drug-likeness (QED) is 0.404. The number of hydrogen-bond donors (Lipinski definition) is 5. The molecule has 105 valence electrons. The second-order valence-electron chi connectivity index (χ2n) is 1.58. The molecule has 0 saturated carbocycles. The normalized spacial score (nSPS) is 5.62. The SMILES string of the molecule is CCO.CCO.CCO.CCO.CCO.[Nb]. The minimum absolute atomic E-state index is 0. The van der Waals surface area contributed by atoms with E-state index in [9.17, 15) is 0 Å². The van der Waals surface area contributed by atoms with Crippen LogP contribution in [0.5, 0.6) is 0 Å². The number of hydrogen-bond acceptors (Lipinski definition) is 5. The molecule has 0 bridgehead atoms. The molecular weight excluding hydrogens is 293 g/mol. The molecular formula is C10H30NbO5. The zero-order valence-corrected chi connectivity index (χ0v) is 13.4. The molecule has 0 unspecified atom stereocenters. The van der Waals surface area contributed by atoms with E-state index in [1.165, 1.54) is 0 Å². The van der Waals surface area contributed by atoms with Crippen LogP contribution in [0.25, 0.3) is 0 Å². The molecule has 0 saturated heterocycles. The molecule has 0 rings (SSSR count). The molecule has 0 aliphatic rings. The van der Waals surface area contributed by atoms with Crippen molar-refractivity contribution >= 4 is 0 Å². The minimum atomic E-state index is 0. The summed E-state index contributed by atoms with van der Waals surface area (Å²) in [7, 11) is 0. The van der Waals surface area contributed by atoms with Crippen LogP contribution in [0.1, 0.15) is 34.6 Å². The summed E-state index contributed by atoms with van der Waals surface area (Å²) in [5, 5.41) is 37.8. The van der Waals surface area contributed by atoms with E-state index < -0.39 is 0 Å². The molecule has 0 heterocycles. The molecule has 0 atom stereocenters. The third-order valence-corrected chi connectivity index (χ3v) is 0. The maximum Gasteiger partial charge on any atom is 0.0402 e. The molecule has 16 heavy (non-hydrogen) atoms. The topological polar surface area (TPSA) is 101 Å². The average Bonchev–Trinajstić information content (AvgIpc) is 2.09. The summed E-state index contributed by atoms with van der Waals surface area (Å²) in [6, 6.07) is 0. The Kier molecular flexibility index (Phi) is 241. The van der Waals surface area contributed by atoms with Gasteiger partial charge in [-0.1, -0.05) is 0 Å². The third-order valence-electron chi connectivity index (χ3n) is 0. The van der Waals surface area contributed by atoms with Gasteiger partial charge in [-0.2, -0.15) is 0 Å². The van der Waals surface area contributed by atoms with Gasteiger partial charge in [-0.15, -0.1) is 0 Å². The Labute approximate surface area is 116 Å². The first-order valence-electron chi connectivity index (χ1n) is 5.12. The Bertz CT molecular complexity index is 30.8. The van der Waals surface area contributed by atoms with Crippen LogP contribution in [0.15, 0.2) is 0 Å². The Morgan fingerprint density at radius 3 is 0.438 bits per heavy atom. The summed E-state index contributed by atoms with van der Waals surface area (Å²) in [5.74, 6) is 0. The zero-order chi connectivity index (χ0) is 13.5. The van der Waals surface area contributed by atoms with E-state index in [-0.39, 0.29) is 55.4 Å². The second kappa shape index (κ2) is 107. The minimum Gasteiger partial charge on any atom is -0.397 e. The van der Waals surface area contributed by atoms with Gasteiger partial charge in [0.15, 0.2) is 0 Å². The Balaban J connectivity index is -0.0000000192. The van der Waals surface area contributed by atoms with Crippen molar-refractivity contribution in [3.63, 3.8) is 0 Å². The predicted molar refractivity (Wildman–Crippen MR) is 63.8 cm³/mol. The largest absolute Gasteiger partial charge is 0.397 e. The van der Waals surface area contributed by atoms with Crippen LogP contribution in [0, 0.1) is 0 Å². The van der Waals surface area contributed by atoms with Crippen LogP contribution >= 0.6 is 0 Å². The zero-order valence-electron chi connectivity index (χ0n) is 11.2. The van der Waals surface area contributed by atoms with Crippen LogP contribution in [0.3, 0.4) is 0 Å². The first-order valence-corrected chi connectivity index (χ1v) is 5.12. The van der Waals surface area contributed by atoms with E-state index in [4.69, 9.17) is 25.5 Å². The van der Waals surface area contributed by atoms with Gasteiger partial charge in [-0.25, -0.2) is 0 Å². The Hall–Kier alpha value is 0.540. The summed E-state index contributed by atoms with van der Waals surface area (Å²) < 4.78 is 0. The smallest absolute Gasteiger partial charge is 0.0402 e. The van der Waals surface area contributed by atoms with Crippen LogP contribution in [0.4, 0.5) is 0 Å². The van der Waals surface area contributed by atoms with E-state index >= 15 is 0 Å². The average molecular weight is 323 g/mol.